The van der Waals surface area contributed by atoms with E-state index in [0.29, 0.717) is 17.0 Å². The van der Waals surface area contributed by atoms with Crippen LogP contribution in [0.3, 0.4) is 0 Å². The van der Waals surface area contributed by atoms with Gasteiger partial charge in [0.2, 0.25) is 0 Å². The van der Waals surface area contributed by atoms with E-state index in [1.54, 1.807) is 20.4 Å². The zero-order valence-corrected chi connectivity index (χ0v) is 19.6. The van der Waals surface area contributed by atoms with Gasteiger partial charge in [-0.2, -0.15) is 0 Å². The van der Waals surface area contributed by atoms with Crippen molar-refractivity contribution in [2.24, 2.45) is 0 Å². The summed E-state index contributed by atoms with van der Waals surface area (Å²) in [6.07, 6.45) is 1.73. The molecule has 0 unspecified atom stereocenters. The van der Waals surface area contributed by atoms with Gasteiger partial charge in [-0.3, -0.25) is 9.88 Å². The predicted octanol–water partition coefficient (Wildman–Crippen LogP) is 5.37. The van der Waals surface area contributed by atoms with Crippen molar-refractivity contribution in [1.82, 2.24) is 9.88 Å². The van der Waals surface area contributed by atoms with Crippen molar-refractivity contribution in [3.8, 4) is 23.0 Å². The monoisotopic (exact) mass is 455 g/mol. The highest BCUT2D eigenvalue weighted by atomic mass is 16.5. The molecule has 0 radical (unpaired) electrons. The van der Waals surface area contributed by atoms with Crippen LogP contribution in [0.4, 0.5) is 5.69 Å². The minimum Gasteiger partial charge on any atom is -0.493 e. The van der Waals surface area contributed by atoms with Gasteiger partial charge in [-0.05, 0) is 48.0 Å². The molecule has 0 saturated carbocycles. The summed E-state index contributed by atoms with van der Waals surface area (Å²) in [5, 5.41) is 0.874. The van der Waals surface area contributed by atoms with E-state index in [9.17, 15) is 0 Å². The molecule has 2 heterocycles. The number of fused-ring (bicyclic) bond motifs is 1. The molecule has 1 saturated heterocycles. The second-order valence-corrected chi connectivity index (χ2v) is 8.35. The van der Waals surface area contributed by atoms with Crippen LogP contribution in [0.15, 0.2) is 79.0 Å². The molecule has 3 aromatic carbocycles. The average molecular weight is 456 g/mol. The fourth-order valence-electron chi connectivity index (χ4n) is 4.45. The van der Waals surface area contributed by atoms with Crippen LogP contribution in [0.2, 0.25) is 0 Å². The molecule has 174 valence electrons. The van der Waals surface area contributed by atoms with Gasteiger partial charge in [0, 0.05) is 50.0 Å². The Morgan fingerprint density at radius 1 is 0.765 bits per heavy atom. The third-order valence-electron chi connectivity index (χ3n) is 6.27. The number of anilines is 1. The first kappa shape index (κ1) is 22.0. The van der Waals surface area contributed by atoms with E-state index in [4.69, 9.17) is 14.2 Å². The van der Waals surface area contributed by atoms with Crippen molar-refractivity contribution in [2.45, 2.75) is 6.54 Å². The lowest BCUT2D eigenvalue weighted by atomic mass is 10.1. The number of benzene rings is 3. The summed E-state index contributed by atoms with van der Waals surface area (Å²) < 4.78 is 17.1. The smallest absolute Gasteiger partial charge is 0.187 e. The highest BCUT2D eigenvalue weighted by molar-refractivity contribution is 5.92. The quantitative estimate of drug-likeness (QED) is 0.374. The second kappa shape index (κ2) is 10.0. The minimum atomic E-state index is 0.604. The summed E-state index contributed by atoms with van der Waals surface area (Å²) in [6, 6.07) is 24.7. The summed E-state index contributed by atoms with van der Waals surface area (Å²) >= 11 is 0. The maximum atomic E-state index is 6.23. The molecule has 4 aromatic rings. The normalized spacial score (nSPS) is 14.2. The standard InChI is InChI=1S/C28H29N3O3/c1-32-26-13-12-24-25(14-15-29-27(24)28(26)33-2)34-23-10-8-22(9-11-23)31-18-16-30(17-19-31)20-21-6-4-3-5-7-21/h3-15H,16-20H2,1-2H3. The molecule has 34 heavy (non-hydrogen) atoms. The van der Waals surface area contributed by atoms with Gasteiger partial charge in [0.05, 0.1) is 14.2 Å². The van der Waals surface area contributed by atoms with Gasteiger partial charge >= 0.3 is 0 Å². The van der Waals surface area contributed by atoms with Gasteiger partial charge in [0.1, 0.15) is 17.0 Å². The van der Waals surface area contributed by atoms with Gasteiger partial charge in [-0.1, -0.05) is 30.3 Å². The Labute approximate surface area is 200 Å². The lowest BCUT2D eigenvalue weighted by Crippen LogP contribution is -2.45. The molecule has 0 spiro atoms. The molecule has 1 aliphatic rings. The lowest BCUT2D eigenvalue weighted by molar-refractivity contribution is 0.250. The van der Waals surface area contributed by atoms with Crippen LogP contribution >= 0.6 is 0 Å². The van der Waals surface area contributed by atoms with E-state index in [1.165, 1.54) is 11.3 Å². The molecule has 0 N–H and O–H groups in total. The molecule has 6 heteroatoms. The Kier molecular flexibility index (Phi) is 6.49. The van der Waals surface area contributed by atoms with Crippen LogP contribution < -0.4 is 19.1 Å². The van der Waals surface area contributed by atoms with Crippen LogP contribution in [0.5, 0.6) is 23.0 Å². The Morgan fingerprint density at radius 3 is 2.24 bits per heavy atom. The molecular formula is C28H29N3O3. The number of aromatic nitrogens is 1. The van der Waals surface area contributed by atoms with E-state index < -0.39 is 0 Å². The summed E-state index contributed by atoms with van der Waals surface area (Å²) in [7, 11) is 3.24. The first-order chi connectivity index (χ1) is 16.7. The Balaban J connectivity index is 1.25. The van der Waals surface area contributed by atoms with E-state index in [2.05, 4.69) is 57.2 Å². The van der Waals surface area contributed by atoms with Crippen LogP contribution in [0.25, 0.3) is 10.9 Å². The van der Waals surface area contributed by atoms with E-state index in [0.717, 1.165) is 49.6 Å². The third-order valence-corrected chi connectivity index (χ3v) is 6.27. The molecule has 1 aromatic heterocycles. The maximum Gasteiger partial charge on any atom is 0.187 e. The second-order valence-electron chi connectivity index (χ2n) is 8.35. The van der Waals surface area contributed by atoms with Gasteiger partial charge in [0.25, 0.3) is 0 Å². The number of hydrogen-bond acceptors (Lipinski definition) is 6. The number of nitrogens with zero attached hydrogens (tertiary/aromatic N) is 3. The third kappa shape index (κ3) is 4.63. The number of rotatable bonds is 7. The maximum absolute atomic E-state index is 6.23. The molecule has 0 atom stereocenters. The summed E-state index contributed by atoms with van der Waals surface area (Å²) in [5.41, 5.74) is 3.30. The highest BCUT2D eigenvalue weighted by Gasteiger charge is 2.18. The van der Waals surface area contributed by atoms with E-state index >= 15 is 0 Å². The molecule has 1 fully saturated rings. The van der Waals surface area contributed by atoms with Crippen molar-refractivity contribution >= 4 is 16.6 Å². The van der Waals surface area contributed by atoms with Crippen molar-refractivity contribution in [3.63, 3.8) is 0 Å². The Bertz CT molecular complexity index is 1240. The van der Waals surface area contributed by atoms with Crippen molar-refractivity contribution in [3.05, 3.63) is 84.6 Å². The lowest BCUT2D eigenvalue weighted by Gasteiger charge is -2.36. The SMILES string of the molecule is COc1ccc2c(Oc3ccc(N4CCN(Cc5ccccc5)CC4)cc3)ccnc2c1OC. The number of ether oxygens (including phenoxy) is 3. The van der Waals surface area contributed by atoms with Gasteiger partial charge in [-0.25, -0.2) is 0 Å². The largest absolute Gasteiger partial charge is 0.493 e. The molecular weight excluding hydrogens is 426 g/mol. The van der Waals surface area contributed by atoms with Gasteiger partial charge in [-0.15, -0.1) is 0 Å². The highest BCUT2D eigenvalue weighted by Crippen LogP contribution is 2.39. The van der Waals surface area contributed by atoms with E-state index in [1.807, 2.05) is 30.3 Å². The first-order valence-corrected chi connectivity index (χ1v) is 11.5. The molecule has 5 rings (SSSR count). The summed E-state index contributed by atoms with van der Waals surface area (Å²) in [4.78, 5) is 9.42. The fourth-order valence-corrected chi connectivity index (χ4v) is 4.45. The minimum absolute atomic E-state index is 0.604. The van der Waals surface area contributed by atoms with Crippen molar-refractivity contribution < 1.29 is 14.2 Å². The van der Waals surface area contributed by atoms with Crippen LogP contribution in [0, 0.1) is 0 Å². The van der Waals surface area contributed by atoms with Crippen molar-refractivity contribution in [1.29, 1.82) is 0 Å². The van der Waals surface area contributed by atoms with Crippen molar-refractivity contribution in [2.75, 3.05) is 45.3 Å². The van der Waals surface area contributed by atoms with Crippen LogP contribution in [-0.2, 0) is 6.54 Å². The average Bonchev–Trinajstić information content (AvgIpc) is 2.89. The fraction of sp³-hybridized carbons (Fsp3) is 0.250. The van der Waals surface area contributed by atoms with Gasteiger partial charge in [0.15, 0.2) is 11.5 Å². The molecule has 0 aliphatic carbocycles. The molecule has 1 aliphatic heterocycles. The first-order valence-electron chi connectivity index (χ1n) is 11.5. The molecule has 0 bridgehead atoms. The topological polar surface area (TPSA) is 47.1 Å². The molecule has 0 amide bonds. The van der Waals surface area contributed by atoms with Gasteiger partial charge < -0.3 is 19.1 Å². The number of pyridine rings is 1. The number of piperazine rings is 1. The zero-order chi connectivity index (χ0) is 23.3. The molecule has 6 nitrogen and oxygen atoms in total. The van der Waals surface area contributed by atoms with E-state index in [-0.39, 0.29) is 0 Å². The Hall–Kier alpha value is -3.77. The number of hydrogen-bond donors (Lipinski definition) is 0. The predicted molar refractivity (Wildman–Crippen MR) is 135 cm³/mol. The number of methoxy groups -OCH3 is 2. The summed E-state index contributed by atoms with van der Waals surface area (Å²) in [5.74, 6) is 2.77. The summed E-state index contributed by atoms with van der Waals surface area (Å²) in [6.45, 7) is 5.16. The van der Waals surface area contributed by atoms with Crippen LogP contribution in [-0.4, -0.2) is 50.3 Å². The zero-order valence-electron chi connectivity index (χ0n) is 19.6. The Morgan fingerprint density at radius 2 is 1.53 bits per heavy atom. The van der Waals surface area contributed by atoms with Crippen LogP contribution in [0.1, 0.15) is 5.56 Å².